The molecular weight excluding hydrogens is 296 g/mol. The van der Waals surface area contributed by atoms with Crippen molar-refractivity contribution in [3.8, 4) is 0 Å². The predicted octanol–water partition coefficient (Wildman–Crippen LogP) is 0.885. The number of aliphatic hydroxyl groups is 4. The van der Waals surface area contributed by atoms with E-state index >= 15 is 0 Å². The van der Waals surface area contributed by atoms with Crippen molar-refractivity contribution in [3.05, 3.63) is 60.7 Å². The van der Waals surface area contributed by atoms with Gasteiger partial charge in [-0.15, -0.1) is 0 Å². The van der Waals surface area contributed by atoms with Gasteiger partial charge in [0, 0.05) is 0 Å². The molecule has 2 aromatic carbocycles. The molecule has 0 aliphatic carbocycles. The molecule has 0 saturated carbocycles. The standard InChI is InChI=1S/C17H20N2O4/c20-12-16(22)17(23)15(21)11-18-19(13-7-3-1-4-8-13)14-9-5-2-6-10-14/h1-11,15-17,20-23H,12H2/t15-,16-,17+/m1/s1. The van der Waals surface area contributed by atoms with Crippen LogP contribution >= 0.6 is 0 Å². The first kappa shape index (κ1) is 17.1. The van der Waals surface area contributed by atoms with Gasteiger partial charge in [-0.25, -0.2) is 5.01 Å². The van der Waals surface area contributed by atoms with Crippen molar-refractivity contribution in [2.24, 2.45) is 5.10 Å². The van der Waals surface area contributed by atoms with Crippen molar-refractivity contribution < 1.29 is 20.4 Å². The summed E-state index contributed by atoms with van der Waals surface area (Å²) in [5.41, 5.74) is 1.55. The summed E-state index contributed by atoms with van der Waals surface area (Å²) in [6, 6.07) is 18.6. The summed E-state index contributed by atoms with van der Waals surface area (Å²) in [6.45, 7) is -0.646. The fraction of sp³-hybridized carbons (Fsp3) is 0.235. The lowest BCUT2D eigenvalue weighted by Crippen LogP contribution is -2.40. The van der Waals surface area contributed by atoms with Crippen LogP contribution < -0.4 is 5.01 Å². The highest BCUT2D eigenvalue weighted by Gasteiger charge is 2.23. The number of hydrogen-bond donors (Lipinski definition) is 4. The summed E-state index contributed by atoms with van der Waals surface area (Å²) in [5.74, 6) is 0. The van der Waals surface area contributed by atoms with Crippen molar-refractivity contribution in [2.75, 3.05) is 11.6 Å². The zero-order valence-electron chi connectivity index (χ0n) is 12.5. The van der Waals surface area contributed by atoms with E-state index in [9.17, 15) is 15.3 Å². The minimum atomic E-state index is -1.52. The molecule has 2 rings (SSSR count). The minimum absolute atomic E-state index is 0.646. The lowest BCUT2D eigenvalue weighted by molar-refractivity contribution is -0.0541. The van der Waals surface area contributed by atoms with Gasteiger partial charge in [0.25, 0.3) is 0 Å². The second-order valence-electron chi connectivity index (χ2n) is 4.98. The topological polar surface area (TPSA) is 96.5 Å². The van der Waals surface area contributed by atoms with Gasteiger partial charge in [-0.2, -0.15) is 5.10 Å². The summed E-state index contributed by atoms with van der Waals surface area (Å²) in [7, 11) is 0. The number of benzene rings is 2. The maximum Gasteiger partial charge on any atom is 0.119 e. The second kappa shape index (κ2) is 8.40. The third-order valence-corrected chi connectivity index (χ3v) is 3.27. The number of rotatable bonds is 7. The Labute approximate surface area is 134 Å². The fourth-order valence-corrected chi connectivity index (χ4v) is 1.98. The normalized spacial score (nSPS) is 15.3. The molecule has 6 nitrogen and oxygen atoms in total. The summed E-state index contributed by atoms with van der Waals surface area (Å²) >= 11 is 0. The van der Waals surface area contributed by atoms with Gasteiger partial charge in [-0.05, 0) is 24.3 Å². The Hall–Kier alpha value is -2.25. The third kappa shape index (κ3) is 4.61. The quantitative estimate of drug-likeness (QED) is 0.449. The minimum Gasteiger partial charge on any atom is -0.394 e. The predicted molar refractivity (Wildman–Crippen MR) is 88.6 cm³/mol. The van der Waals surface area contributed by atoms with Crippen LogP contribution in [0, 0.1) is 0 Å². The largest absolute Gasteiger partial charge is 0.394 e. The van der Waals surface area contributed by atoms with Crippen LogP contribution in [0.25, 0.3) is 0 Å². The van der Waals surface area contributed by atoms with Crippen LogP contribution in [0.5, 0.6) is 0 Å². The third-order valence-electron chi connectivity index (χ3n) is 3.27. The van der Waals surface area contributed by atoms with E-state index in [-0.39, 0.29) is 0 Å². The van der Waals surface area contributed by atoms with E-state index in [1.54, 1.807) is 5.01 Å². The lowest BCUT2D eigenvalue weighted by Gasteiger charge is -2.22. The van der Waals surface area contributed by atoms with Crippen molar-refractivity contribution in [3.63, 3.8) is 0 Å². The number of hydrazone groups is 1. The zero-order chi connectivity index (χ0) is 16.7. The van der Waals surface area contributed by atoms with Crippen molar-refractivity contribution in [2.45, 2.75) is 18.3 Å². The van der Waals surface area contributed by atoms with E-state index in [4.69, 9.17) is 5.11 Å². The summed E-state index contributed by atoms with van der Waals surface area (Å²) in [6.07, 6.45) is -3.23. The van der Waals surface area contributed by atoms with Crippen molar-refractivity contribution >= 4 is 17.6 Å². The van der Waals surface area contributed by atoms with Crippen molar-refractivity contribution in [1.29, 1.82) is 0 Å². The molecule has 4 N–H and O–H groups in total. The monoisotopic (exact) mass is 316 g/mol. The molecule has 0 aliphatic rings. The Balaban J connectivity index is 2.24. The van der Waals surface area contributed by atoms with Gasteiger partial charge in [0.2, 0.25) is 0 Å². The van der Waals surface area contributed by atoms with Crippen molar-refractivity contribution in [1.82, 2.24) is 0 Å². The maximum absolute atomic E-state index is 9.86. The molecule has 0 unspecified atom stereocenters. The average Bonchev–Trinajstić information content (AvgIpc) is 2.62. The summed E-state index contributed by atoms with van der Waals surface area (Å²) < 4.78 is 0. The fourth-order valence-electron chi connectivity index (χ4n) is 1.98. The highest BCUT2D eigenvalue weighted by molar-refractivity contribution is 5.70. The number of anilines is 2. The molecule has 0 spiro atoms. The number of nitrogens with zero attached hydrogens (tertiary/aromatic N) is 2. The van der Waals surface area contributed by atoms with E-state index in [0.717, 1.165) is 17.6 Å². The molecule has 0 radical (unpaired) electrons. The highest BCUT2D eigenvalue weighted by Crippen LogP contribution is 2.24. The smallest absolute Gasteiger partial charge is 0.119 e. The Bertz CT molecular complexity index is 567. The Morgan fingerprint density at radius 1 is 0.870 bits per heavy atom. The SMILES string of the molecule is OC[C@@H](O)[C@@H](O)[C@H](O)C=NN(c1ccccc1)c1ccccc1. The molecule has 2 aromatic rings. The van der Waals surface area contributed by atoms with Gasteiger partial charge in [0.15, 0.2) is 0 Å². The van der Waals surface area contributed by atoms with Crippen LogP contribution in [-0.4, -0.2) is 51.6 Å². The molecule has 0 bridgehead atoms. The van der Waals surface area contributed by atoms with Gasteiger partial charge in [0.05, 0.1) is 24.2 Å². The summed E-state index contributed by atoms with van der Waals surface area (Å²) in [4.78, 5) is 0. The molecule has 6 heteroatoms. The van der Waals surface area contributed by atoms with Gasteiger partial charge in [-0.3, -0.25) is 0 Å². The van der Waals surface area contributed by atoms with E-state index in [1.807, 2.05) is 60.7 Å². The molecule has 0 heterocycles. The first-order valence-corrected chi connectivity index (χ1v) is 7.23. The average molecular weight is 316 g/mol. The van der Waals surface area contributed by atoms with Gasteiger partial charge in [-0.1, -0.05) is 36.4 Å². The Morgan fingerprint density at radius 2 is 1.35 bits per heavy atom. The molecule has 3 atom stereocenters. The molecular formula is C17H20N2O4. The number of para-hydroxylation sites is 2. The maximum atomic E-state index is 9.86. The second-order valence-corrected chi connectivity index (χ2v) is 4.98. The molecule has 0 aliphatic heterocycles. The Kier molecular flexibility index (Phi) is 6.25. The van der Waals surface area contributed by atoms with E-state index in [0.29, 0.717) is 0 Å². The van der Waals surface area contributed by atoms with Crippen LogP contribution in [-0.2, 0) is 0 Å². The Morgan fingerprint density at radius 3 is 1.78 bits per heavy atom. The lowest BCUT2D eigenvalue weighted by atomic mass is 10.1. The van der Waals surface area contributed by atoms with E-state index in [1.165, 1.54) is 0 Å². The van der Waals surface area contributed by atoms with Crippen LogP contribution in [0.15, 0.2) is 65.8 Å². The van der Waals surface area contributed by atoms with E-state index in [2.05, 4.69) is 5.10 Å². The molecule has 0 saturated heterocycles. The van der Waals surface area contributed by atoms with Crippen LogP contribution in [0.2, 0.25) is 0 Å². The number of hydrogen-bond acceptors (Lipinski definition) is 6. The first-order valence-electron chi connectivity index (χ1n) is 7.23. The number of aliphatic hydroxyl groups excluding tert-OH is 4. The van der Waals surface area contributed by atoms with Gasteiger partial charge < -0.3 is 20.4 Å². The zero-order valence-corrected chi connectivity index (χ0v) is 12.5. The van der Waals surface area contributed by atoms with Gasteiger partial charge in [0.1, 0.15) is 18.3 Å². The molecule has 0 fully saturated rings. The van der Waals surface area contributed by atoms with Gasteiger partial charge >= 0.3 is 0 Å². The first-order chi connectivity index (χ1) is 11.1. The highest BCUT2D eigenvalue weighted by atomic mass is 16.4. The molecule has 0 aromatic heterocycles. The van der Waals surface area contributed by atoms with Crippen LogP contribution in [0.1, 0.15) is 0 Å². The molecule has 0 amide bonds. The molecule has 23 heavy (non-hydrogen) atoms. The summed E-state index contributed by atoms with van der Waals surface area (Å²) in [5, 5.41) is 43.5. The van der Waals surface area contributed by atoms with Crippen LogP contribution in [0.4, 0.5) is 11.4 Å². The van der Waals surface area contributed by atoms with Crippen LogP contribution in [0.3, 0.4) is 0 Å². The molecule has 122 valence electrons. The van der Waals surface area contributed by atoms with E-state index < -0.39 is 24.9 Å².